The molecule has 1 saturated heterocycles. The average Bonchev–Trinajstić information content (AvgIpc) is 2.88. The second kappa shape index (κ2) is 3.14. The Morgan fingerprint density at radius 3 is 3.14 bits per heavy atom. The van der Waals surface area contributed by atoms with Crippen molar-refractivity contribution >= 4 is 11.0 Å². The minimum Gasteiger partial charge on any atom is -0.464 e. The van der Waals surface area contributed by atoms with E-state index in [0.29, 0.717) is 6.04 Å². The Hall–Kier alpha value is -1.28. The minimum atomic E-state index is 0.524. The summed E-state index contributed by atoms with van der Waals surface area (Å²) in [5.74, 6) is 0. The summed E-state index contributed by atoms with van der Waals surface area (Å²) in [7, 11) is 0. The SMILES string of the molecule is c1cc(C2CCCN2)c2ccoc2c1. The van der Waals surface area contributed by atoms with E-state index in [1.54, 1.807) is 6.26 Å². The highest BCUT2D eigenvalue weighted by Crippen LogP contribution is 2.29. The highest BCUT2D eigenvalue weighted by Gasteiger charge is 2.18. The predicted octanol–water partition coefficient (Wildman–Crippen LogP) is 2.86. The van der Waals surface area contributed by atoms with Crippen LogP contribution >= 0.6 is 0 Å². The van der Waals surface area contributed by atoms with E-state index in [-0.39, 0.29) is 0 Å². The van der Waals surface area contributed by atoms with E-state index < -0.39 is 0 Å². The van der Waals surface area contributed by atoms with Crippen LogP contribution in [0.5, 0.6) is 0 Å². The fraction of sp³-hybridized carbons (Fsp3) is 0.333. The second-order valence-corrected chi connectivity index (χ2v) is 3.83. The van der Waals surface area contributed by atoms with Crippen LogP contribution in [-0.4, -0.2) is 6.54 Å². The molecule has 1 aromatic heterocycles. The Kier molecular flexibility index (Phi) is 1.81. The molecule has 1 aliphatic heterocycles. The molecule has 3 rings (SSSR count). The monoisotopic (exact) mass is 187 g/mol. The first-order valence-electron chi connectivity index (χ1n) is 5.15. The molecule has 72 valence electrons. The molecule has 1 fully saturated rings. The van der Waals surface area contributed by atoms with Gasteiger partial charge < -0.3 is 9.73 Å². The topological polar surface area (TPSA) is 25.2 Å². The van der Waals surface area contributed by atoms with Crippen LogP contribution in [0.1, 0.15) is 24.4 Å². The van der Waals surface area contributed by atoms with Crippen molar-refractivity contribution in [3.05, 3.63) is 36.1 Å². The highest BCUT2D eigenvalue weighted by molar-refractivity contribution is 5.81. The molecule has 1 N–H and O–H groups in total. The third-order valence-electron chi connectivity index (χ3n) is 2.97. The van der Waals surface area contributed by atoms with Crippen LogP contribution in [0.15, 0.2) is 34.9 Å². The molecule has 0 amide bonds. The Bertz CT molecular complexity index is 440. The summed E-state index contributed by atoms with van der Waals surface area (Å²) < 4.78 is 5.39. The Morgan fingerprint density at radius 2 is 2.29 bits per heavy atom. The van der Waals surface area contributed by atoms with Gasteiger partial charge in [-0.1, -0.05) is 12.1 Å². The number of hydrogen-bond acceptors (Lipinski definition) is 2. The lowest BCUT2D eigenvalue weighted by Crippen LogP contribution is -2.12. The molecule has 1 aliphatic rings. The van der Waals surface area contributed by atoms with Crippen molar-refractivity contribution in [1.82, 2.24) is 5.32 Å². The summed E-state index contributed by atoms with van der Waals surface area (Å²) in [6, 6.07) is 8.87. The van der Waals surface area contributed by atoms with Crippen LogP contribution in [0.3, 0.4) is 0 Å². The molecular weight excluding hydrogens is 174 g/mol. The summed E-state index contributed by atoms with van der Waals surface area (Å²) in [4.78, 5) is 0. The Labute approximate surface area is 82.9 Å². The van der Waals surface area contributed by atoms with Gasteiger partial charge in [0.25, 0.3) is 0 Å². The van der Waals surface area contributed by atoms with Gasteiger partial charge >= 0.3 is 0 Å². The van der Waals surface area contributed by atoms with Crippen molar-refractivity contribution in [3.8, 4) is 0 Å². The van der Waals surface area contributed by atoms with Gasteiger partial charge in [0.05, 0.1) is 6.26 Å². The van der Waals surface area contributed by atoms with Gasteiger partial charge in [0.15, 0.2) is 0 Å². The van der Waals surface area contributed by atoms with Crippen LogP contribution in [-0.2, 0) is 0 Å². The standard InChI is InChI=1S/C12H13NO/c1-3-9(11-4-2-7-13-11)10-6-8-14-12(10)5-1/h1,3,5-6,8,11,13H,2,4,7H2. The molecule has 0 saturated carbocycles. The van der Waals surface area contributed by atoms with Gasteiger partial charge in [0.2, 0.25) is 0 Å². The average molecular weight is 187 g/mol. The first-order valence-corrected chi connectivity index (χ1v) is 5.15. The third kappa shape index (κ3) is 1.15. The van der Waals surface area contributed by atoms with Crippen molar-refractivity contribution in [2.45, 2.75) is 18.9 Å². The van der Waals surface area contributed by atoms with E-state index in [9.17, 15) is 0 Å². The van der Waals surface area contributed by atoms with Gasteiger partial charge in [-0.15, -0.1) is 0 Å². The van der Waals surface area contributed by atoms with Gasteiger partial charge in [-0.25, -0.2) is 0 Å². The molecule has 1 atom stereocenters. The fourth-order valence-corrected chi connectivity index (χ4v) is 2.27. The van der Waals surface area contributed by atoms with Crippen LogP contribution in [0.2, 0.25) is 0 Å². The number of hydrogen-bond donors (Lipinski definition) is 1. The number of furan rings is 1. The summed E-state index contributed by atoms with van der Waals surface area (Å²) in [6.07, 6.45) is 4.28. The smallest absolute Gasteiger partial charge is 0.134 e. The highest BCUT2D eigenvalue weighted by atomic mass is 16.3. The summed E-state index contributed by atoms with van der Waals surface area (Å²) in [5, 5.41) is 4.77. The zero-order chi connectivity index (χ0) is 9.38. The zero-order valence-electron chi connectivity index (χ0n) is 7.99. The quantitative estimate of drug-likeness (QED) is 0.742. The van der Waals surface area contributed by atoms with E-state index in [1.165, 1.54) is 23.8 Å². The number of nitrogens with one attached hydrogen (secondary N) is 1. The molecule has 0 spiro atoms. The zero-order valence-corrected chi connectivity index (χ0v) is 7.99. The first kappa shape index (κ1) is 8.06. The minimum absolute atomic E-state index is 0.524. The van der Waals surface area contributed by atoms with Crippen LogP contribution < -0.4 is 5.32 Å². The second-order valence-electron chi connectivity index (χ2n) is 3.83. The van der Waals surface area contributed by atoms with Crippen LogP contribution in [0.25, 0.3) is 11.0 Å². The molecule has 0 bridgehead atoms. The summed E-state index contributed by atoms with van der Waals surface area (Å²) in [5.41, 5.74) is 2.38. The largest absolute Gasteiger partial charge is 0.464 e. The third-order valence-corrected chi connectivity index (χ3v) is 2.97. The maximum Gasteiger partial charge on any atom is 0.134 e. The lowest BCUT2D eigenvalue weighted by Gasteiger charge is -2.10. The maximum absolute atomic E-state index is 5.39. The maximum atomic E-state index is 5.39. The predicted molar refractivity (Wildman–Crippen MR) is 56.2 cm³/mol. The van der Waals surface area contributed by atoms with Gasteiger partial charge in [0, 0.05) is 11.4 Å². The number of benzene rings is 1. The molecule has 2 nitrogen and oxygen atoms in total. The lowest BCUT2D eigenvalue weighted by atomic mass is 10.0. The van der Waals surface area contributed by atoms with E-state index in [4.69, 9.17) is 4.42 Å². The van der Waals surface area contributed by atoms with E-state index in [2.05, 4.69) is 23.5 Å². The van der Waals surface area contributed by atoms with Gasteiger partial charge in [0.1, 0.15) is 5.58 Å². The van der Waals surface area contributed by atoms with Crippen molar-refractivity contribution in [2.24, 2.45) is 0 Å². The molecule has 0 radical (unpaired) electrons. The van der Waals surface area contributed by atoms with Crippen molar-refractivity contribution < 1.29 is 4.42 Å². The first-order chi connectivity index (χ1) is 6.95. The van der Waals surface area contributed by atoms with Gasteiger partial charge in [-0.3, -0.25) is 0 Å². The number of rotatable bonds is 1. The molecule has 0 aliphatic carbocycles. The molecule has 14 heavy (non-hydrogen) atoms. The molecule has 2 aromatic rings. The van der Waals surface area contributed by atoms with E-state index >= 15 is 0 Å². The Morgan fingerprint density at radius 1 is 1.29 bits per heavy atom. The summed E-state index contributed by atoms with van der Waals surface area (Å²) >= 11 is 0. The van der Waals surface area contributed by atoms with Gasteiger partial charge in [-0.05, 0) is 37.1 Å². The Balaban J connectivity index is 2.14. The van der Waals surface area contributed by atoms with E-state index in [1.807, 2.05) is 6.07 Å². The van der Waals surface area contributed by atoms with Crippen molar-refractivity contribution in [1.29, 1.82) is 0 Å². The van der Waals surface area contributed by atoms with Crippen LogP contribution in [0.4, 0.5) is 0 Å². The molecule has 2 heterocycles. The van der Waals surface area contributed by atoms with Gasteiger partial charge in [-0.2, -0.15) is 0 Å². The fourth-order valence-electron chi connectivity index (χ4n) is 2.27. The number of fused-ring (bicyclic) bond motifs is 1. The van der Waals surface area contributed by atoms with Crippen molar-refractivity contribution in [2.75, 3.05) is 6.54 Å². The van der Waals surface area contributed by atoms with E-state index in [0.717, 1.165) is 12.1 Å². The summed E-state index contributed by atoms with van der Waals surface area (Å²) in [6.45, 7) is 1.14. The molecule has 2 heteroatoms. The molecule has 1 unspecified atom stereocenters. The normalized spacial score (nSPS) is 21.9. The lowest BCUT2D eigenvalue weighted by molar-refractivity contribution is 0.614. The molecule has 1 aromatic carbocycles. The van der Waals surface area contributed by atoms with Crippen molar-refractivity contribution in [3.63, 3.8) is 0 Å². The molecular formula is C12H13NO. The van der Waals surface area contributed by atoms with Crippen LogP contribution in [0, 0.1) is 0 Å².